The molecular formula is C28H37N7O. The molecule has 1 aromatic heterocycles. The first-order valence-corrected chi connectivity index (χ1v) is 13.0. The summed E-state index contributed by atoms with van der Waals surface area (Å²) in [6.45, 7) is 7.36. The normalized spacial score (nSPS) is 16.1. The van der Waals surface area contributed by atoms with Gasteiger partial charge in [-0.3, -0.25) is 4.90 Å². The second kappa shape index (κ2) is 11.0. The van der Waals surface area contributed by atoms with Crippen molar-refractivity contribution < 1.29 is 4.74 Å². The van der Waals surface area contributed by atoms with Gasteiger partial charge >= 0.3 is 6.01 Å². The van der Waals surface area contributed by atoms with Crippen LogP contribution in [0.3, 0.4) is 0 Å². The second-order valence-electron chi connectivity index (χ2n) is 9.86. The van der Waals surface area contributed by atoms with E-state index in [1.54, 1.807) is 0 Å². The Bertz CT molecular complexity index is 1140. The minimum atomic E-state index is 0.351. The van der Waals surface area contributed by atoms with Crippen molar-refractivity contribution >= 4 is 23.0 Å². The number of aromatic nitrogens is 2. The van der Waals surface area contributed by atoms with Crippen molar-refractivity contribution in [1.82, 2.24) is 14.9 Å². The molecule has 2 aliphatic rings. The zero-order valence-electron chi connectivity index (χ0n) is 21.1. The van der Waals surface area contributed by atoms with E-state index >= 15 is 0 Å². The zero-order chi connectivity index (χ0) is 24.9. The second-order valence-corrected chi connectivity index (χ2v) is 9.86. The maximum atomic E-state index is 6.16. The van der Waals surface area contributed by atoms with Crippen molar-refractivity contribution in [3.8, 4) is 6.01 Å². The molecular weight excluding hydrogens is 450 g/mol. The van der Waals surface area contributed by atoms with E-state index in [-0.39, 0.29) is 0 Å². The van der Waals surface area contributed by atoms with Crippen LogP contribution in [-0.2, 0) is 13.1 Å². The van der Waals surface area contributed by atoms with Gasteiger partial charge in [-0.2, -0.15) is 9.97 Å². The fourth-order valence-electron chi connectivity index (χ4n) is 5.02. The quantitative estimate of drug-likeness (QED) is 0.297. The van der Waals surface area contributed by atoms with Crippen LogP contribution in [0.1, 0.15) is 55.2 Å². The molecule has 2 aromatic carbocycles. The number of ether oxygens (including phenoxy) is 1. The number of nitrogens with zero attached hydrogens (tertiary/aromatic N) is 4. The van der Waals surface area contributed by atoms with Gasteiger partial charge in [-0.25, -0.2) is 0 Å². The monoisotopic (exact) mass is 487 g/mol. The molecule has 0 radical (unpaired) electrons. The molecule has 3 aromatic rings. The Balaban J connectivity index is 1.15. The maximum Gasteiger partial charge on any atom is 0.320 e. The van der Waals surface area contributed by atoms with Crippen LogP contribution < -0.4 is 26.4 Å². The molecule has 1 saturated heterocycles. The Kier molecular flexibility index (Phi) is 7.41. The number of nitrogen functional groups attached to an aromatic ring is 2. The smallest absolute Gasteiger partial charge is 0.320 e. The van der Waals surface area contributed by atoms with Crippen LogP contribution in [0, 0.1) is 0 Å². The average Bonchev–Trinajstić information content (AvgIpc) is 3.29. The van der Waals surface area contributed by atoms with Gasteiger partial charge in [-0.05, 0) is 67.1 Å². The van der Waals surface area contributed by atoms with E-state index in [1.165, 1.54) is 29.5 Å². The number of nitrogens with two attached hydrogens (primary N) is 2. The summed E-state index contributed by atoms with van der Waals surface area (Å²) in [6.07, 6.45) is 4.41. The van der Waals surface area contributed by atoms with E-state index in [2.05, 4.69) is 68.4 Å². The molecule has 3 heterocycles. The number of hydrogen-bond acceptors (Lipinski definition) is 8. The molecule has 0 atom stereocenters. The Morgan fingerprint density at radius 2 is 1.64 bits per heavy atom. The molecule has 5 N–H and O–H groups in total. The molecule has 0 bridgehead atoms. The van der Waals surface area contributed by atoms with Gasteiger partial charge in [0.2, 0.25) is 0 Å². The Morgan fingerprint density at radius 3 is 2.33 bits per heavy atom. The highest BCUT2D eigenvalue weighted by Gasteiger charge is 2.25. The summed E-state index contributed by atoms with van der Waals surface area (Å²) >= 11 is 0. The molecule has 0 aliphatic carbocycles. The molecule has 5 rings (SSSR count). The van der Waals surface area contributed by atoms with Crippen LogP contribution in [0.4, 0.5) is 23.0 Å². The largest absolute Gasteiger partial charge is 0.463 e. The summed E-state index contributed by atoms with van der Waals surface area (Å²) < 4.78 is 5.71. The standard InChI is InChI=1S/C28H37N7O/c1-2-3-16-36-28-32-26(30)25-27(33-28)35(19-31-25)18-21-6-4-20(5-7-21)17-34-14-12-23(13-15-34)22-8-10-24(29)11-9-22/h4-11,23,31H,2-3,12-19,29H2,1H3,(H2,30,32,33). The SMILES string of the molecule is CCCCOc1nc(N)c2c(n1)N(Cc1ccc(CN3CCC(c4ccc(N)cc4)CC3)cc1)CN2. The van der Waals surface area contributed by atoms with Gasteiger partial charge in [0.1, 0.15) is 5.69 Å². The van der Waals surface area contributed by atoms with Gasteiger partial charge in [-0.1, -0.05) is 49.7 Å². The van der Waals surface area contributed by atoms with Crippen molar-refractivity contribution in [1.29, 1.82) is 0 Å². The highest BCUT2D eigenvalue weighted by molar-refractivity contribution is 5.80. The molecule has 2 aliphatic heterocycles. The fourth-order valence-corrected chi connectivity index (χ4v) is 5.02. The van der Waals surface area contributed by atoms with E-state index in [1.807, 2.05) is 12.1 Å². The third kappa shape index (κ3) is 5.65. The van der Waals surface area contributed by atoms with E-state index in [0.29, 0.717) is 31.0 Å². The first-order chi connectivity index (χ1) is 17.6. The maximum absolute atomic E-state index is 6.16. The molecule has 0 saturated carbocycles. The summed E-state index contributed by atoms with van der Waals surface area (Å²) in [5.74, 6) is 1.88. The first-order valence-electron chi connectivity index (χ1n) is 13.0. The Labute approximate surface area is 213 Å². The van der Waals surface area contributed by atoms with Crippen molar-refractivity contribution in [3.63, 3.8) is 0 Å². The molecule has 8 nitrogen and oxygen atoms in total. The van der Waals surface area contributed by atoms with Gasteiger partial charge in [0, 0.05) is 18.8 Å². The van der Waals surface area contributed by atoms with Gasteiger partial charge in [0.15, 0.2) is 11.6 Å². The third-order valence-electron chi connectivity index (χ3n) is 7.17. The molecule has 36 heavy (non-hydrogen) atoms. The molecule has 1 fully saturated rings. The van der Waals surface area contributed by atoms with E-state index in [4.69, 9.17) is 16.2 Å². The summed E-state index contributed by atoms with van der Waals surface area (Å²) in [4.78, 5) is 13.7. The summed E-state index contributed by atoms with van der Waals surface area (Å²) in [5, 5.41) is 3.32. The molecule has 0 amide bonds. The predicted molar refractivity (Wildman–Crippen MR) is 146 cm³/mol. The van der Waals surface area contributed by atoms with E-state index in [9.17, 15) is 0 Å². The number of anilines is 4. The van der Waals surface area contributed by atoms with Crippen molar-refractivity contribution in [2.75, 3.05) is 48.0 Å². The molecule has 8 heteroatoms. The van der Waals surface area contributed by atoms with Crippen LogP contribution in [0.15, 0.2) is 48.5 Å². The zero-order valence-corrected chi connectivity index (χ0v) is 21.1. The molecule has 190 valence electrons. The minimum absolute atomic E-state index is 0.351. The Hall–Kier alpha value is -3.52. The number of benzene rings is 2. The highest BCUT2D eigenvalue weighted by Crippen LogP contribution is 2.36. The number of unbranched alkanes of at least 4 members (excludes halogenated alkanes) is 1. The number of fused-ring (bicyclic) bond motifs is 1. The number of rotatable bonds is 9. The molecule has 0 unspecified atom stereocenters. The number of piperidine rings is 1. The number of hydrogen-bond donors (Lipinski definition) is 3. The van der Waals surface area contributed by atoms with Gasteiger partial charge in [-0.15, -0.1) is 0 Å². The summed E-state index contributed by atoms with van der Waals surface area (Å²) in [7, 11) is 0. The van der Waals surface area contributed by atoms with Crippen molar-refractivity contribution in [3.05, 3.63) is 65.2 Å². The fraction of sp³-hybridized carbons (Fsp3) is 0.429. The van der Waals surface area contributed by atoms with E-state index in [0.717, 1.165) is 56.2 Å². The first kappa shape index (κ1) is 24.2. The average molecular weight is 488 g/mol. The van der Waals surface area contributed by atoms with Crippen LogP contribution in [0.5, 0.6) is 6.01 Å². The predicted octanol–water partition coefficient (Wildman–Crippen LogP) is 4.59. The van der Waals surface area contributed by atoms with E-state index < -0.39 is 0 Å². The van der Waals surface area contributed by atoms with Crippen LogP contribution in [-0.4, -0.2) is 41.2 Å². The topological polar surface area (TPSA) is 106 Å². The number of likely N-dealkylation sites (tertiary alicyclic amines) is 1. The highest BCUT2D eigenvalue weighted by atomic mass is 16.5. The number of nitrogens with one attached hydrogen (secondary N) is 1. The lowest BCUT2D eigenvalue weighted by Gasteiger charge is -2.32. The summed E-state index contributed by atoms with van der Waals surface area (Å²) in [5.41, 5.74) is 17.6. The van der Waals surface area contributed by atoms with Gasteiger partial charge in [0.25, 0.3) is 0 Å². The van der Waals surface area contributed by atoms with Crippen LogP contribution in [0.2, 0.25) is 0 Å². The molecule has 0 spiro atoms. The third-order valence-corrected chi connectivity index (χ3v) is 7.17. The lowest BCUT2D eigenvalue weighted by atomic mass is 9.89. The lowest BCUT2D eigenvalue weighted by Crippen LogP contribution is -2.32. The van der Waals surface area contributed by atoms with Gasteiger partial charge in [0.05, 0.1) is 13.3 Å². The van der Waals surface area contributed by atoms with Gasteiger partial charge < -0.3 is 26.4 Å². The van der Waals surface area contributed by atoms with Crippen molar-refractivity contribution in [2.45, 2.75) is 51.6 Å². The van der Waals surface area contributed by atoms with Crippen LogP contribution in [0.25, 0.3) is 0 Å². The lowest BCUT2D eigenvalue weighted by molar-refractivity contribution is 0.204. The minimum Gasteiger partial charge on any atom is -0.463 e. The summed E-state index contributed by atoms with van der Waals surface area (Å²) in [6, 6.07) is 17.7. The van der Waals surface area contributed by atoms with Crippen LogP contribution >= 0.6 is 0 Å². The Morgan fingerprint density at radius 1 is 0.944 bits per heavy atom. The van der Waals surface area contributed by atoms with Crippen molar-refractivity contribution in [2.24, 2.45) is 0 Å².